The van der Waals surface area contributed by atoms with Gasteiger partial charge in [-0.1, -0.05) is 120 Å². The van der Waals surface area contributed by atoms with E-state index >= 15 is 0 Å². The Bertz CT molecular complexity index is 1030. The Morgan fingerprint density at radius 3 is 1.65 bits per heavy atom. The van der Waals surface area contributed by atoms with Gasteiger partial charge in [0, 0.05) is 12.8 Å². The Balaban J connectivity index is 4.46. The molecule has 0 fully saturated rings. The molecular weight excluding hydrogens is 677 g/mol. The smallest absolute Gasteiger partial charge is 0.306 e. The van der Waals surface area contributed by atoms with Crippen LogP contribution in [0.4, 0.5) is 0 Å². The van der Waals surface area contributed by atoms with Crippen molar-refractivity contribution in [3.8, 4) is 0 Å². The average molecular weight is 754 g/mol. The molecule has 2 unspecified atom stereocenters. The maximum atomic E-state index is 12.6. The number of hydrogen-bond acceptors (Lipinski definition) is 8. The number of phosphoric ester groups is 1. The van der Waals surface area contributed by atoms with Crippen LogP contribution in [0, 0.1) is 0 Å². The third-order valence-electron chi connectivity index (χ3n) is 8.33. The minimum atomic E-state index is -4.63. The number of allylic oxidation sites excluding steroid dienone is 8. The third-order valence-corrected chi connectivity index (χ3v) is 9.30. The topological polar surface area (TPSA) is 111 Å². The minimum absolute atomic E-state index is 0.0373. The maximum Gasteiger partial charge on any atom is 0.306 e. The molecule has 9 nitrogen and oxygen atoms in total. The first-order valence-electron chi connectivity index (χ1n) is 20.3. The lowest BCUT2D eigenvalue weighted by Crippen LogP contribution is -2.37. The van der Waals surface area contributed by atoms with Crippen molar-refractivity contribution in [1.29, 1.82) is 0 Å². The lowest BCUT2D eigenvalue weighted by molar-refractivity contribution is -0.870. The average Bonchev–Trinajstić information content (AvgIpc) is 3.09. The molecule has 0 aromatic carbocycles. The van der Waals surface area contributed by atoms with Crippen LogP contribution in [0.25, 0.3) is 0 Å². The van der Waals surface area contributed by atoms with E-state index in [-0.39, 0.29) is 26.1 Å². The van der Waals surface area contributed by atoms with Crippen molar-refractivity contribution in [2.75, 3.05) is 47.5 Å². The Kier molecular flexibility index (Phi) is 33.4. The summed E-state index contributed by atoms with van der Waals surface area (Å²) in [5, 5.41) is 0. The lowest BCUT2D eigenvalue weighted by atomic mass is 10.1. The van der Waals surface area contributed by atoms with Crippen LogP contribution in [0.3, 0.4) is 0 Å². The summed E-state index contributed by atoms with van der Waals surface area (Å²) in [7, 11) is 1.14. The standard InChI is InChI=1S/C42H76NO8P/c1-6-8-10-12-14-16-18-20-21-23-25-27-29-31-33-35-42(45)51-40(39-50-52(46,47)49-37-36-43(3,4)5)38-48-41(44)34-32-30-28-26-24-22-19-17-15-13-11-9-7-2/h8,10,14,16-17,19-21,40H,6-7,9,11-13,15,18,22-39H2,1-5H3/b10-8-,16-14-,19-17-,21-20-. The molecule has 0 aliphatic rings. The molecule has 0 aromatic heterocycles. The zero-order chi connectivity index (χ0) is 38.6. The van der Waals surface area contributed by atoms with Gasteiger partial charge in [-0.3, -0.25) is 14.2 Å². The van der Waals surface area contributed by atoms with Crippen LogP contribution in [0.1, 0.15) is 155 Å². The molecule has 0 bridgehead atoms. The number of phosphoric acid groups is 1. The fourth-order valence-electron chi connectivity index (χ4n) is 5.13. The minimum Gasteiger partial charge on any atom is -0.756 e. The summed E-state index contributed by atoms with van der Waals surface area (Å²) in [5.41, 5.74) is 0. The van der Waals surface area contributed by atoms with Crippen molar-refractivity contribution < 1.29 is 42.1 Å². The van der Waals surface area contributed by atoms with Gasteiger partial charge in [0.15, 0.2) is 6.10 Å². The number of esters is 2. The van der Waals surface area contributed by atoms with Crippen LogP contribution < -0.4 is 4.89 Å². The molecule has 0 saturated carbocycles. The van der Waals surface area contributed by atoms with Crippen molar-refractivity contribution in [3.05, 3.63) is 48.6 Å². The summed E-state index contributed by atoms with van der Waals surface area (Å²) in [6, 6.07) is 0. The van der Waals surface area contributed by atoms with E-state index in [9.17, 15) is 19.0 Å². The molecule has 0 aliphatic heterocycles. The predicted molar refractivity (Wildman–Crippen MR) is 213 cm³/mol. The van der Waals surface area contributed by atoms with E-state index in [0.29, 0.717) is 23.9 Å². The molecule has 0 radical (unpaired) electrons. The summed E-state index contributed by atoms with van der Waals surface area (Å²) in [5.74, 6) is -0.869. The van der Waals surface area contributed by atoms with E-state index in [1.165, 1.54) is 32.1 Å². The first kappa shape index (κ1) is 50.0. The van der Waals surface area contributed by atoms with Crippen molar-refractivity contribution in [2.24, 2.45) is 0 Å². The molecule has 0 heterocycles. The molecule has 52 heavy (non-hydrogen) atoms. The van der Waals surface area contributed by atoms with E-state index in [0.717, 1.165) is 83.5 Å². The van der Waals surface area contributed by atoms with Crippen molar-refractivity contribution in [1.82, 2.24) is 0 Å². The summed E-state index contributed by atoms with van der Waals surface area (Å²) < 4.78 is 33.8. The number of unbranched alkanes of at least 4 members (excludes halogenated alkanes) is 14. The molecular formula is C42H76NO8P. The molecule has 2 atom stereocenters. The van der Waals surface area contributed by atoms with E-state index in [1.54, 1.807) is 0 Å². The van der Waals surface area contributed by atoms with Gasteiger partial charge in [0.1, 0.15) is 19.8 Å². The second kappa shape index (κ2) is 34.7. The first-order valence-corrected chi connectivity index (χ1v) is 21.8. The Morgan fingerprint density at radius 1 is 0.615 bits per heavy atom. The fraction of sp³-hybridized carbons (Fsp3) is 0.762. The van der Waals surface area contributed by atoms with Gasteiger partial charge in [-0.2, -0.15) is 0 Å². The number of hydrogen-bond donors (Lipinski definition) is 0. The molecule has 0 aromatic rings. The van der Waals surface area contributed by atoms with Crippen molar-refractivity contribution >= 4 is 19.8 Å². The van der Waals surface area contributed by atoms with Crippen molar-refractivity contribution in [2.45, 2.75) is 161 Å². The van der Waals surface area contributed by atoms with Gasteiger partial charge in [0.25, 0.3) is 7.82 Å². The van der Waals surface area contributed by atoms with E-state index in [1.807, 2.05) is 21.1 Å². The van der Waals surface area contributed by atoms with Crippen LogP contribution in [0.5, 0.6) is 0 Å². The Morgan fingerprint density at radius 2 is 1.10 bits per heavy atom. The van der Waals surface area contributed by atoms with Crippen LogP contribution in [-0.2, 0) is 32.7 Å². The second-order valence-corrected chi connectivity index (χ2v) is 16.0. The van der Waals surface area contributed by atoms with Gasteiger partial charge < -0.3 is 27.9 Å². The number of likely N-dealkylation sites (N-methyl/N-ethyl adjacent to an activating group) is 1. The number of rotatable bonds is 36. The lowest BCUT2D eigenvalue weighted by Gasteiger charge is -2.28. The van der Waals surface area contributed by atoms with Crippen LogP contribution in [0.2, 0.25) is 0 Å². The predicted octanol–water partition coefficient (Wildman–Crippen LogP) is 10.5. The van der Waals surface area contributed by atoms with Gasteiger partial charge in [-0.15, -0.1) is 0 Å². The summed E-state index contributed by atoms with van der Waals surface area (Å²) in [4.78, 5) is 37.4. The van der Waals surface area contributed by atoms with Crippen molar-refractivity contribution in [3.63, 3.8) is 0 Å². The summed E-state index contributed by atoms with van der Waals surface area (Å²) in [6.07, 6.45) is 38.5. The number of carbonyl (C=O) groups is 2. The number of nitrogens with zero attached hydrogens (tertiary/aromatic N) is 1. The highest BCUT2D eigenvalue weighted by molar-refractivity contribution is 7.45. The largest absolute Gasteiger partial charge is 0.756 e. The van der Waals surface area contributed by atoms with Gasteiger partial charge in [-0.25, -0.2) is 0 Å². The molecule has 0 rings (SSSR count). The summed E-state index contributed by atoms with van der Waals surface area (Å²) in [6.45, 7) is 4.05. The molecule has 0 amide bonds. The van der Waals surface area contributed by atoms with E-state index in [4.69, 9.17) is 18.5 Å². The molecule has 0 N–H and O–H groups in total. The number of ether oxygens (including phenoxy) is 2. The number of quaternary nitrogens is 1. The van der Waals surface area contributed by atoms with Gasteiger partial charge in [0.2, 0.25) is 0 Å². The zero-order valence-corrected chi connectivity index (χ0v) is 34.6. The first-order chi connectivity index (χ1) is 25.0. The third kappa shape index (κ3) is 37.7. The quantitative estimate of drug-likeness (QED) is 0.0204. The molecule has 0 aliphatic carbocycles. The molecule has 302 valence electrons. The normalized spacial score (nSPS) is 14.2. The second-order valence-electron chi connectivity index (χ2n) is 14.6. The fourth-order valence-corrected chi connectivity index (χ4v) is 5.86. The van der Waals surface area contributed by atoms with Crippen LogP contribution >= 0.6 is 7.82 Å². The van der Waals surface area contributed by atoms with E-state index < -0.39 is 32.5 Å². The maximum absolute atomic E-state index is 12.6. The highest BCUT2D eigenvalue weighted by Crippen LogP contribution is 2.38. The van der Waals surface area contributed by atoms with Gasteiger partial charge >= 0.3 is 11.9 Å². The van der Waals surface area contributed by atoms with Crippen LogP contribution in [-0.4, -0.2) is 70.0 Å². The van der Waals surface area contributed by atoms with Crippen LogP contribution in [0.15, 0.2) is 48.6 Å². The SMILES string of the molecule is CC/C=C\C/C=C\C/C=C\CCCCCCCC(=O)OC(COC(=O)CCCCCCC/C=C\CCCCCC)COP(=O)([O-])OCC[N+](C)(C)C. The zero-order valence-electron chi connectivity index (χ0n) is 33.7. The van der Waals surface area contributed by atoms with E-state index in [2.05, 4.69) is 62.5 Å². The Labute approximate surface area is 318 Å². The monoisotopic (exact) mass is 754 g/mol. The molecule has 0 saturated heterocycles. The highest BCUT2D eigenvalue weighted by atomic mass is 31.2. The van der Waals surface area contributed by atoms with Gasteiger partial charge in [0.05, 0.1) is 27.7 Å². The highest BCUT2D eigenvalue weighted by Gasteiger charge is 2.21. The van der Waals surface area contributed by atoms with Gasteiger partial charge in [-0.05, 0) is 70.6 Å². The molecule has 0 spiro atoms. The molecule has 10 heteroatoms. The summed E-state index contributed by atoms with van der Waals surface area (Å²) >= 11 is 0. The number of carbonyl (C=O) groups excluding carboxylic acids is 2. The Hall–Kier alpha value is -2.03.